The van der Waals surface area contributed by atoms with Gasteiger partial charge < -0.3 is 14.6 Å². The maximum atomic E-state index is 13.6. The molecule has 1 amide bonds. The average molecular weight is 372 g/mol. The van der Waals surface area contributed by atoms with Crippen LogP contribution in [0.4, 0.5) is 13.2 Å². The lowest BCUT2D eigenvalue weighted by Gasteiger charge is -2.38. The molecule has 1 aliphatic heterocycles. The topological polar surface area (TPSA) is 71.4 Å². The third-order valence-corrected chi connectivity index (χ3v) is 4.69. The van der Waals surface area contributed by atoms with E-state index in [9.17, 15) is 23.1 Å². The molecule has 6 nitrogen and oxygen atoms in total. The van der Waals surface area contributed by atoms with Crippen LogP contribution in [0.1, 0.15) is 25.7 Å². The van der Waals surface area contributed by atoms with E-state index < -0.39 is 30.3 Å². The molecular formula is C17H19F3N2O4. The number of rotatable bonds is 4. The number of aliphatic hydroxyl groups is 1. The molecule has 0 saturated heterocycles. The summed E-state index contributed by atoms with van der Waals surface area (Å²) in [4.78, 5) is 12.4. The maximum Gasteiger partial charge on any atom is 0.439 e. The van der Waals surface area contributed by atoms with E-state index in [2.05, 4.69) is 5.10 Å². The highest BCUT2D eigenvalue weighted by molar-refractivity contribution is 5.93. The van der Waals surface area contributed by atoms with Gasteiger partial charge in [0.1, 0.15) is 11.5 Å². The first-order chi connectivity index (χ1) is 12.3. The van der Waals surface area contributed by atoms with Crippen LogP contribution < -0.4 is 9.47 Å². The molecule has 1 aliphatic carbocycles. The molecule has 3 rings (SSSR count). The van der Waals surface area contributed by atoms with E-state index in [4.69, 9.17) is 9.47 Å². The minimum atomic E-state index is -5.02. The van der Waals surface area contributed by atoms with Crippen molar-refractivity contribution in [2.45, 2.75) is 37.6 Å². The van der Waals surface area contributed by atoms with Crippen LogP contribution in [-0.2, 0) is 4.79 Å². The first-order valence-corrected chi connectivity index (χ1v) is 8.23. The Morgan fingerprint density at radius 3 is 2.58 bits per heavy atom. The first kappa shape index (κ1) is 18.5. The van der Waals surface area contributed by atoms with Crippen molar-refractivity contribution in [3.8, 4) is 11.5 Å². The van der Waals surface area contributed by atoms with Gasteiger partial charge in [-0.25, -0.2) is 0 Å². The van der Waals surface area contributed by atoms with E-state index in [0.29, 0.717) is 30.8 Å². The zero-order valence-corrected chi connectivity index (χ0v) is 14.1. The van der Waals surface area contributed by atoms with Crippen molar-refractivity contribution in [2.75, 3.05) is 13.7 Å². The van der Waals surface area contributed by atoms with Gasteiger partial charge in [0.25, 0.3) is 11.6 Å². The fraction of sp³-hybridized carbons (Fsp3) is 0.529. The van der Waals surface area contributed by atoms with Crippen LogP contribution >= 0.6 is 0 Å². The minimum absolute atomic E-state index is 0.137. The molecule has 0 bridgehead atoms. The summed E-state index contributed by atoms with van der Waals surface area (Å²) in [6.07, 6.45) is -3.31. The van der Waals surface area contributed by atoms with Gasteiger partial charge in [-0.15, -0.1) is 0 Å². The molecule has 2 aliphatic rings. The molecule has 0 radical (unpaired) electrons. The number of hydrazone groups is 1. The molecular weight excluding hydrogens is 353 g/mol. The molecule has 0 unspecified atom stereocenters. The third-order valence-electron chi connectivity index (χ3n) is 4.69. The highest BCUT2D eigenvalue weighted by Gasteiger charge is 2.68. The summed E-state index contributed by atoms with van der Waals surface area (Å²) in [5.41, 5.74) is -3.10. The van der Waals surface area contributed by atoms with Gasteiger partial charge in [0, 0.05) is 5.71 Å². The number of hydrogen-bond acceptors (Lipinski definition) is 5. The van der Waals surface area contributed by atoms with Gasteiger partial charge in [-0.3, -0.25) is 4.79 Å². The summed E-state index contributed by atoms with van der Waals surface area (Å²) in [5.74, 6) is -1.41. The summed E-state index contributed by atoms with van der Waals surface area (Å²) in [6.45, 7) is -0.672. The lowest BCUT2D eigenvalue weighted by atomic mass is 9.80. The number of ether oxygens (including phenoxy) is 2. The van der Waals surface area contributed by atoms with Gasteiger partial charge in [-0.2, -0.15) is 23.3 Å². The Balaban J connectivity index is 1.76. The standard InChI is InChI=1S/C17H19F3N2O4/c1-25-11-6-8-12(9-7-11)26-10-15(23)22-16(24,17(18,19)20)13-4-2-3-5-14(13)21-22/h6-9,13,24H,2-5,10H2,1H3/t13-,16+/m0/s1. The second-order valence-electron chi connectivity index (χ2n) is 6.28. The average Bonchev–Trinajstić information content (AvgIpc) is 2.94. The van der Waals surface area contributed by atoms with E-state index in [-0.39, 0.29) is 17.1 Å². The van der Waals surface area contributed by atoms with E-state index in [1.165, 1.54) is 19.2 Å². The fourth-order valence-corrected chi connectivity index (χ4v) is 3.34. The van der Waals surface area contributed by atoms with Gasteiger partial charge in [-0.1, -0.05) is 6.42 Å². The molecule has 9 heteroatoms. The van der Waals surface area contributed by atoms with E-state index >= 15 is 0 Å². The molecule has 1 aromatic carbocycles. The van der Waals surface area contributed by atoms with Crippen molar-refractivity contribution in [3.05, 3.63) is 24.3 Å². The molecule has 1 saturated carbocycles. The molecule has 1 fully saturated rings. The number of halogens is 3. The van der Waals surface area contributed by atoms with Crippen LogP contribution in [0.15, 0.2) is 29.4 Å². The highest BCUT2D eigenvalue weighted by atomic mass is 19.4. The molecule has 26 heavy (non-hydrogen) atoms. The minimum Gasteiger partial charge on any atom is -0.497 e. The number of fused-ring (bicyclic) bond motifs is 1. The summed E-state index contributed by atoms with van der Waals surface area (Å²) < 4.78 is 51.0. The molecule has 2 atom stereocenters. The highest BCUT2D eigenvalue weighted by Crippen LogP contribution is 2.48. The molecule has 0 aromatic heterocycles. The molecule has 1 N–H and O–H groups in total. The summed E-state index contributed by atoms with van der Waals surface area (Å²) in [6, 6.07) is 6.24. The summed E-state index contributed by atoms with van der Waals surface area (Å²) in [5, 5.41) is 14.4. The SMILES string of the molecule is COc1ccc(OCC(=O)N2N=C3CCCC[C@@H]3[C@@]2(O)C(F)(F)F)cc1. The Morgan fingerprint density at radius 1 is 1.31 bits per heavy atom. The Morgan fingerprint density at radius 2 is 1.96 bits per heavy atom. The quantitative estimate of drug-likeness (QED) is 0.882. The third kappa shape index (κ3) is 3.11. The van der Waals surface area contributed by atoms with Crippen molar-refractivity contribution < 1.29 is 32.5 Å². The Kier molecular flexibility index (Phi) is 4.83. The number of amides is 1. The van der Waals surface area contributed by atoms with Crippen molar-refractivity contribution in [1.82, 2.24) is 5.01 Å². The van der Waals surface area contributed by atoms with Crippen molar-refractivity contribution in [3.63, 3.8) is 0 Å². The number of alkyl halides is 3. The number of carbonyl (C=O) groups excluding carboxylic acids is 1. The summed E-state index contributed by atoms with van der Waals surface area (Å²) in [7, 11) is 1.49. The van der Waals surface area contributed by atoms with E-state index in [1.807, 2.05) is 0 Å². The first-order valence-electron chi connectivity index (χ1n) is 8.23. The van der Waals surface area contributed by atoms with E-state index in [1.54, 1.807) is 12.1 Å². The number of benzene rings is 1. The Bertz CT molecular complexity index is 705. The smallest absolute Gasteiger partial charge is 0.439 e. The predicted octanol–water partition coefficient (Wildman–Crippen LogP) is 2.71. The largest absolute Gasteiger partial charge is 0.497 e. The fourth-order valence-electron chi connectivity index (χ4n) is 3.34. The lowest BCUT2D eigenvalue weighted by molar-refractivity contribution is -0.317. The van der Waals surface area contributed by atoms with Crippen LogP contribution in [0.2, 0.25) is 0 Å². The monoisotopic (exact) mass is 372 g/mol. The zero-order valence-electron chi connectivity index (χ0n) is 14.1. The maximum absolute atomic E-state index is 13.6. The van der Waals surface area contributed by atoms with Crippen molar-refractivity contribution in [1.29, 1.82) is 0 Å². The van der Waals surface area contributed by atoms with Gasteiger partial charge in [-0.05, 0) is 43.5 Å². The molecule has 1 heterocycles. The Hall–Kier alpha value is -2.29. The van der Waals surface area contributed by atoms with Crippen LogP contribution in [0, 0.1) is 5.92 Å². The summed E-state index contributed by atoms with van der Waals surface area (Å²) >= 11 is 0. The van der Waals surface area contributed by atoms with Gasteiger partial charge >= 0.3 is 6.18 Å². The van der Waals surface area contributed by atoms with Crippen molar-refractivity contribution >= 4 is 11.6 Å². The van der Waals surface area contributed by atoms with Crippen LogP contribution in [-0.4, -0.2) is 47.4 Å². The van der Waals surface area contributed by atoms with Gasteiger partial charge in [0.15, 0.2) is 6.61 Å². The van der Waals surface area contributed by atoms with Crippen molar-refractivity contribution in [2.24, 2.45) is 11.0 Å². The van der Waals surface area contributed by atoms with E-state index in [0.717, 1.165) is 0 Å². The normalized spacial score (nSPS) is 25.5. The second-order valence-corrected chi connectivity index (χ2v) is 6.28. The molecule has 142 valence electrons. The van der Waals surface area contributed by atoms with Crippen LogP contribution in [0.5, 0.6) is 11.5 Å². The Labute approximate surface area is 148 Å². The van der Waals surface area contributed by atoms with Gasteiger partial charge in [0.2, 0.25) is 0 Å². The van der Waals surface area contributed by atoms with Crippen LogP contribution in [0.25, 0.3) is 0 Å². The number of hydrogen-bond donors (Lipinski definition) is 1. The number of methoxy groups -OCH3 is 1. The number of nitrogens with zero attached hydrogens (tertiary/aromatic N) is 2. The predicted molar refractivity (Wildman–Crippen MR) is 85.7 cm³/mol. The second kappa shape index (κ2) is 6.79. The number of carbonyl (C=O) groups is 1. The lowest BCUT2D eigenvalue weighted by Crippen LogP contribution is -2.62. The molecule has 1 aromatic rings. The van der Waals surface area contributed by atoms with Crippen LogP contribution in [0.3, 0.4) is 0 Å². The zero-order chi connectivity index (χ0) is 18.9. The van der Waals surface area contributed by atoms with Gasteiger partial charge in [0.05, 0.1) is 13.0 Å². The molecule has 0 spiro atoms.